The van der Waals surface area contributed by atoms with Crippen LogP contribution in [0.4, 0.5) is 10.1 Å². The first-order valence-electron chi connectivity index (χ1n) is 6.33. The first-order chi connectivity index (χ1) is 9.45. The molecule has 0 spiro atoms. The van der Waals surface area contributed by atoms with Gasteiger partial charge in [0.2, 0.25) is 5.91 Å². The van der Waals surface area contributed by atoms with Crippen LogP contribution in [0, 0.1) is 15.9 Å². The largest absolute Gasteiger partial charge is 0.483 e. The molecule has 1 aliphatic carbocycles. The van der Waals surface area contributed by atoms with Crippen LogP contribution in [0.15, 0.2) is 18.2 Å². The van der Waals surface area contributed by atoms with Gasteiger partial charge in [-0.3, -0.25) is 14.9 Å². The monoisotopic (exact) mass is 282 g/mol. The van der Waals surface area contributed by atoms with E-state index in [9.17, 15) is 19.3 Å². The lowest BCUT2D eigenvalue weighted by Gasteiger charge is -2.14. The van der Waals surface area contributed by atoms with E-state index in [1.54, 1.807) is 0 Å². The fraction of sp³-hybridized carbons (Fsp3) is 0.462. The number of halogens is 1. The van der Waals surface area contributed by atoms with Crippen LogP contribution in [0.2, 0.25) is 0 Å². The first kappa shape index (κ1) is 14.2. The Morgan fingerprint density at radius 1 is 1.50 bits per heavy atom. The molecule has 1 fully saturated rings. The van der Waals surface area contributed by atoms with Gasteiger partial charge in [-0.15, -0.1) is 0 Å². The minimum absolute atomic E-state index is 0.00474. The predicted octanol–water partition coefficient (Wildman–Crippen LogP) is 2.17. The number of ether oxygens (including phenoxy) is 1. The number of nitro benzene ring substituents is 1. The SMILES string of the molecule is CC(=O)NC1CCC(Oc2cc(F)ccc2[N+](=O)[O-])C1. The van der Waals surface area contributed by atoms with Gasteiger partial charge in [0, 0.05) is 31.5 Å². The molecule has 2 atom stereocenters. The first-order valence-corrected chi connectivity index (χ1v) is 6.33. The molecular formula is C13H15FN2O4. The average Bonchev–Trinajstić information content (AvgIpc) is 2.75. The van der Waals surface area contributed by atoms with E-state index < -0.39 is 10.7 Å². The zero-order valence-electron chi connectivity index (χ0n) is 11.0. The second-order valence-corrected chi connectivity index (χ2v) is 4.82. The molecule has 0 radical (unpaired) electrons. The summed E-state index contributed by atoms with van der Waals surface area (Å²) in [6, 6.07) is 3.14. The van der Waals surface area contributed by atoms with Crippen molar-refractivity contribution in [2.75, 3.05) is 0 Å². The van der Waals surface area contributed by atoms with Crippen LogP contribution >= 0.6 is 0 Å². The van der Waals surface area contributed by atoms with Gasteiger partial charge >= 0.3 is 5.69 Å². The van der Waals surface area contributed by atoms with Gasteiger partial charge in [0.05, 0.1) is 4.92 Å². The number of carbonyl (C=O) groups excluding carboxylic acids is 1. The van der Waals surface area contributed by atoms with Crippen molar-refractivity contribution >= 4 is 11.6 Å². The molecule has 0 aromatic heterocycles. The van der Waals surface area contributed by atoms with Gasteiger partial charge in [0.25, 0.3) is 0 Å². The summed E-state index contributed by atoms with van der Waals surface area (Å²) in [6.45, 7) is 1.44. The third-order valence-corrected chi connectivity index (χ3v) is 3.20. The lowest BCUT2D eigenvalue weighted by atomic mass is 10.2. The van der Waals surface area contributed by atoms with Gasteiger partial charge in [-0.25, -0.2) is 4.39 Å². The van der Waals surface area contributed by atoms with Crippen molar-refractivity contribution in [1.29, 1.82) is 0 Å². The third kappa shape index (κ3) is 3.43. The second kappa shape index (κ2) is 5.85. The van der Waals surface area contributed by atoms with Gasteiger partial charge in [-0.05, 0) is 18.9 Å². The zero-order chi connectivity index (χ0) is 14.7. The van der Waals surface area contributed by atoms with Crippen LogP contribution in [-0.4, -0.2) is 23.0 Å². The topological polar surface area (TPSA) is 81.5 Å². The van der Waals surface area contributed by atoms with Crippen molar-refractivity contribution < 1.29 is 18.8 Å². The molecule has 2 rings (SSSR count). The summed E-state index contributed by atoms with van der Waals surface area (Å²) in [4.78, 5) is 21.2. The Morgan fingerprint density at radius 3 is 2.90 bits per heavy atom. The zero-order valence-corrected chi connectivity index (χ0v) is 11.0. The number of hydrogen-bond donors (Lipinski definition) is 1. The Labute approximate surface area is 115 Å². The molecule has 6 nitrogen and oxygen atoms in total. The molecule has 0 heterocycles. The van der Waals surface area contributed by atoms with Gasteiger partial charge in [0.1, 0.15) is 11.9 Å². The summed E-state index contributed by atoms with van der Waals surface area (Å²) in [5.41, 5.74) is -0.255. The van der Waals surface area contributed by atoms with E-state index in [2.05, 4.69) is 5.32 Å². The lowest BCUT2D eigenvalue weighted by molar-refractivity contribution is -0.386. The Balaban J connectivity index is 2.05. The van der Waals surface area contributed by atoms with Crippen LogP contribution in [0.3, 0.4) is 0 Å². The number of carbonyl (C=O) groups is 1. The van der Waals surface area contributed by atoms with Crippen LogP contribution in [0.25, 0.3) is 0 Å². The van der Waals surface area contributed by atoms with Crippen LogP contribution in [-0.2, 0) is 4.79 Å². The summed E-state index contributed by atoms with van der Waals surface area (Å²) in [6.07, 6.45) is 1.71. The second-order valence-electron chi connectivity index (χ2n) is 4.82. The summed E-state index contributed by atoms with van der Waals surface area (Å²) >= 11 is 0. The molecular weight excluding hydrogens is 267 g/mol. The lowest BCUT2D eigenvalue weighted by Crippen LogP contribution is -2.31. The van der Waals surface area contributed by atoms with Crippen molar-refractivity contribution in [3.8, 4) is 5.75 Å². The van der Waals surface area contributed by atoms with Crippen LogP contribution < -0.4 is 10.1 Å². The Hall–Kier alpha value is -2.18. The summed E-state index contributed by atoms with van der Waals surface area (Å²) in [5, 5.41) is 13.6. The van der Waals surface area contributed by atoms with Crippen molar-refractivity contribution in [2.45, 2.75) is 38.3 Å². The average molecular weight is 282 g/mol. The van der Waals surface area contributed by atoms with Gasteiger partial charge in [0.15, 0.2) is 5.75 Å². The number of nitrogens with zero attached hydrogens (tertiary/aromatic N) is 1. The van der Waals surface area contributed by atoms with E-state index in [4.69, 9.17) is 4.74 Å². The van der Waals surface area contributed by atoms with Crippen LogP contribution in [0.1, 0.15) is 26.2 Å². The number of rotatable bonds is 4. The van der Waals surface area contributed by atoms with Crippen molar-refractivity contribution in [1.82, 2.24) is 5.32 Å². The van der Waals surface area contributed by atoms with Crippen molar-refractivity contribution in [3.05, 3.63) is 34.1 Å². The molecule has 2 unspecified atom stereocenters. The minimum atomic E-state index is -0.602. The molecule has 0 bridgehead atoms. The number of amides is 1. The summed E-state index contributed by atoms with van der Waals surface area (Å²) < 4.78 is 18.7. The minimum Gasteiger partial charge on any atom is -0.483 e. The Bertz CT molecular complexity index is 535. The number of hydrogen-bond acceptors (Lipinski definition) is 4. The Morgan fingerprint density at radius 2 is 2.25 bits per heavy atom. The van der Waals surface area contributed by atoms with Gasteiger partial charge in [-0.2, -0.15) is 0 Å². The van der Waals surface area contributed by atoms with E-state index in [1.807, 2.05) is 0 Å². The standard InChI is InChI=1S/C13H15FN2O4/c1-8(17)15-10-3-4-11(7-10)20-13-6-9(14)2-5-12(13)16(18)19/h2,5-6,10-11H,3-4,7H2,1H3,(H,15,17). The number of benzene rings is 1. The van der Waals surface area contributed by atoms with Gasteiger partial charge < -0.3 is 10.1 Å². The quantitative estimate of drug-likeness (QED) is 0.677. The van der Waals surface area contributed by atoms with Gasteiger partial charge in [-0.1, -0.05) is 0 Å². The van der Waals surface area contributed by atoms with Crippen molar-refractivity contribution in [3.63, 3.8) is 0 Å². The molecule has 7 heteroatoms. The maximum atomic E-state index is 13.2. The van der Waals surface area contributed by atoms with Crippen molar-refractivity contribution in [2.24, 2.45) is 0 Å². The molecule has 108 valence electrons. The molecule has 1 N–H and O–H groups in total. The Kier molecular flexibility index (Phi) is 4.16. The molecule has 1 aliphatic rings. The highest BCUT2D eigenvalue weighted by molar-refractivity contribution is 5.73. The van der Waals surface area contributed by atoms with E-state index >= 15 is 0 Å². The maximum Gasteiger partial charge on any atom is 0.311 e. The molecule has 1 amide bonds. The molecule has 0 saturated heterocycles. The smallest absolute Gasteiger partial charge is 0.311 e. The molecule has 20 heavy (non-hydrogen) atoms. The summed E-state index contributed by atoms with van der Waals surface area (Å²) in [5.74, 6) is -0.766. The van der Waals surface area contributed by atoms with Crippen LogP contribution in [0.5, 0.6) is 5.75 Å². The highest BCUT2D eigenvalue weighted by Crippen LogP contribution is 2.32. The predicted molar refractivity (Wildman–Crippen MR) is 68.9 cm³/mol. The normalized spacial score (nSPS) is 21.5. The molecule has 1 saturated carbocycles. The molecule has 1 aromatic rings. The van der Waals surface area contributed by atoms with E-state index in [-0.39, 0.29) is 29.5 Å². The highest BCUT2D eigenvalue weighted by Gasteiger charge is 2.28. The highest BCUT2D eigenvalue weighted by atomic mass is 19.1. The number of nitro groups is 1. The fourth-order valence-electron chi connectivity index (χ4n) is 2.38. The third-order valence-electron chi connectivity index (χ3n) is 3.20. The fourth-order valence-corrected chi connectivity index (χ4v) is 2.38. The number of nitrogens with one attached hydrogen (secondary N) is 1. The maximum absolute atomic E-state index is 13.2. The molecule has 0 aliphatic heterocycles. The van der Waals surface area contributed by atoms with E-state index in [1.165, 1.54) is 6.92 Å². The van der Waals surface area contributed by atoms with E-state index in [0.717, 1.165) is 24.6 Å². The van der Waals surface area contributed by atoms with E-state index in [0.29, 0.717) is 12.8 Å². The summed E-state index contributed by atoms with van der Waals surface area (Å²) in [7, 11) is 0. The molecule has 1 aromatic carbocycles.